The summed E-state index contributed by atoms with van der Waals surface area (Å²) >= 11 is 0. The van der Waals surface area contributed by atoms with Crippen LogP contribution in [0.5, 0.6) is 0 Å². The molecule has 1 N–H and O–H groups in total. The predicted molar refractivity (Wildman–Crippen MR) is 84.9 cm³/mol. The Hall–Kier alpha value is -1.85. The zero-order valence-electron chi connectivity index (χ0n) is 13.4. The Bertz CT molecular complexity index is 720. The minimum absolute atomic E-state index is 0.0181. The van der Waals surface area contributed by atoms with Crippen LogP contribution in [0.3, 0.4) is 0 Å². The molecule has 4 aliphatic carbocycles. The average Bonchev–Trinajstić information content (AvgIpc) is 2.51. The van der Waals surface area contributed by atoms with Crippen molar-refractivity contribution >= 4 is 5.91 Å². The smallest absolute Gasteiger partial charge is 0.331 e. The Kier molecular flexibility index (Phi) is 3.43. The van der Waals surface area contributed by atoms with Crippen molar-refractivity contribution in [2.75, 3.05) is 0 Å². The lowest BCUT2D eigenvalue weighted by Gasteiger charge is -2.54. The van der Waals surface area contributed by atoms with Gasteiger partial charge >= 0.3 is 5.69 Å². The Balaban J connectivity index is 1.46. The van der Waals surface area contributed by atoms with Gasteiger partial charge in [0.05, 0.1) is 0 Å². The molecule has 1 heterocycles. The number of nitrogens with zero attached hydrogens (tertiary/aromatic N) is 2. The summed E-state index contributed by atoms with van der Waals surface area (Å²) < 4.78 is 2.32. The second-order valence-corrected chi connectivity index (χ2v) is 7.65. The molecule has 0 radical (unpaired) electrons. The van der Waals surface area contributed by atoms with E-state index in [2.05, 4.69) is 5.32 Å². The lowest BCUT2D eigenvalue weighted by molar-refractivity contribution is -0.125. The quantitative estimate of drug-likeness (QED) is 0.882. The number of rotatable bonds is 3. The molecule has 4 bridgehead atoms. The second-order valence-electron chi connectivity index (χ2n) is 7.65. The van der Waals surface area contributed by atoms with E-state index in [-0.39, 0.29) is 24.1 Å². The SMILES string of the molecule is Cn1c(=O)ccn(CC(=O)NC2C3CC4CC(C3)CC2C4)c1=O. The van der Waals surface area contributed by atoms with E-state index >= 15 is 0 Å². The number of carbonyl (C=O) groups excluding carboxylic acids is 1. The van der Waals surface area contributed by atoms with Gasteiger partial charge in [-0.05, 0) is 55.8 Å². The van der Waals surface area contributed by atoms with Gasteiger partial charge in [0.25, 0.3) is 5.56 Å². The molecule has 6 nitrogen and oxygen atoms in total. The Morgan fingerprint density at radius 2 is 1.74 bits per heavy atom. The maximum absolute atomic E-state index is 12.4. The second kappa shape index (κ2) is 5.35. The van der Waals surface area contributed by atoms with Gasteiger partial charge in [-0.15, -0.1) is 0 Å². The van der Waals surface area contributed by atoms with Crippen LogP contribution in [0.2, 0.25) is 0 Å². The Morgan fingerprint density at radius 3 is 2.35 bits per heavy atom. The molecule has 4 aliphatic rings. The lowest BCUT2D eigenvalue weighted by atomic mass is 9.54. The number of carbonyl (C=O) groups is 1. The third kappa shape index (κ3) is 2.54. The molecule has 1 amide bonds. The van der Waals surface area contributed by atoms with E-state index in [9.17, 15) is 14.4 Å². The Morgan fingerprint density at radius 1 is 1.13 bits per heavy atom. The summed E-state index contributed by atoms with van der Waals surface area (Å²) in [6.07, 6.45) is 7.78. The highest BCUT2D eigenvalue weighted by Gasteiger charge is 2.48. The zero-order valence-corrected chi connectivity index (χ0v) is 13.4. The summed E-state index contributed by atoms with van der Waals surface area (Å²) in [6, 6.07) is 1.59. The van der Waals surface area contributed by atoms with Crippen LogP contribution in [0.25, 0.3) is 0 Å². The number of amides is 1. The van der Waals surface area contributed by atoms with Crippen LogP contribution >= 0.6 is 0 Å². The van der Waals surface area contributed by atoms with Crippen molar-refractivity contribution in [3.05, 3.63) is 33.1 Å². The van der Waals surface area contributed by atoms with Crippen molar-refractivity contribution in [3.63, 3.8) is 0 Å². The molecule has 0 spiro atoms. The molecule has 23 heavy (non-hydrogen) atoms. The van der Waals surface area contributed by atoms with Gasteiger partial charge in [0.2, 0.25) is 5.91 Å². The van der Waals surface area contributed by atoms with Gasteiger partial charge in [-0.1, -0.05) is 0 Å². The first kappa shape index (κ1) is 14.7. The van der Waals surface area contributed by atoms with Crippen LogP contribution < -0.4 is 16.6 Å². The average molecular weight is 317 g/mol. The third-order valence-electron chi connectivity index (χ3n) is 6.13. The summed E-state index contributed by atoms with van der Waals surface area (Å²) in [6.45, 7) is -0.0181. The molecule has 6 heteroatoms. The molecular weight excluding hydrogens is 294 g/mol. The van der Waals surface area contributed by atoms with E-state index in [1.165, 1.54) is 56.0 Å². The van der Waals surface area contributed by atoms with Crippen molar-refractivity contribution in [2.45, 2.75) is 44.7 Å². The van der Waals surface area contributed by atoms with Crippen LogP contribution in [0.15, 0.2) is 21.9 Å². The van der Waals surface area contributed by atoms with Gasteiger partial charge in [0.15, 0.2) is 0 Å². The number of aromatic nitrogens is 2. The number of hydrogen-bond donors (Lipinski definition) is 1. The highest BCUT2D eigenvalue weighted by atomic mass is 16.2. The molecule has 0 saturated heterocycles. The molecule has 5 rings (SSSR count). The van der Waals surface area contributed by atoms with Crippen LogP contribution in [0, 0.1) is 23.7 Å². The van der Waals surface area contributed by atoms with Gasteiger partial charge in [-0.25, -0.2) is 4.79 Å². The summed E-state index contributed by atoms with van der Waals surface area (Å²) in [5.74, 6) is 2.86. The molecule has 4 fully saturated rings. The minimum Gasteiger partial charge on any atom is -0.351 e. The summed E-state index contributed by atoms with van der Waals surface area (Å²) in [4.78, 5) is 35.8. The molecule has 0 unspecified atom stereocenters. The molecule has 4 saturated carbocycles. The van der Waals surface area contributed by atoms with E-state index in [0.717, 1.165) is 16.4 Å². The van der Waals surface area contributed by atoms with Crippen molar-refractivity contribution in [3.8, 4) is 0 Å². The maximum Gasteiger partial charge on any atom is 0.331 e. The normalized spacial score (nSPS) is 34.6. The first-order chi connectivity index (χ1) is 11.0. The number of nitrogens with one attached hydrogen (secondary N) is 1. The molecular formula is C17H23N3O3. The maximum atomic E-state index is 12.4. The summed E-state index contributed by atoms with van der Waals surface area (Å²) in [5, 5.41) is 3.19. The lowest BCUT2D eigenvalue weighted by Crippen LogP contribution is -2.56. The first-order valence-electron chi connectivity index (χ1n) is 8.57. The van der Waals surface area contributed by atoms with Crippen molar-refractivity contribution < 1.29 is 4.79 Å². The monoisotopic (exact) mass is 317 g/mol. The van der Waals surface area contributed by atoms with Crippen LogP contribution in [-0.4, -0.2) is 21.1 Å². The minimum atomic E-state index is -0.447. The fourth-order valence-corrected chi connectivity index (χ4v) is 5.28. The zero-order chi connectivity index (χ0) is 16.1. The van der Waals surface area contributed by atoms with Gasteiger partial charge in [0, 0.05) is 25.4 Å². The van der Waals surface area contributed by atoms with Crippen LogP contribution in [-0.2, 0) is 18.4 Å². The standard InChI is InChI=1S/C17H23N3O3/c1-19-15(22)2-3-20(17(19)23)9-14(21)18-16-12-5-10-4-11(7-12)8-13(16)6-10/h2-3,10-13,16H,4-9H2,1H3,(H,18,21). The van der Waals surface area contributed by atoms with E-state index < -0.39 is 5.69 Å². The van der Waals surface area contributed by atoms with Crippen molar-refractivity contribution in [1.29, 1.82) is 0 Å². The largest absolute Gasteiger partial charge is 0.351 e. The summed E-state index contributed by atoms with van der Waals surface area (Å²) in [5.41, 5.74) is -0.801. The van der Waals surface area contributed by atoms with E-state index in [0.29, 0.717) is 11.8 Å². The fraction of sp³-hybridized carbons (Fsp3) is 0.706. The van der Waals surface area contributed by atoms with E-state index in [1.807, 2.05) is 0 Å². The Labute approximate surface area is 134 Å². The predicted octanol–water partition coefficient (Wildman–Crippen LogP) is 0.488. The van der Waals surface area contributed by atoms with E-state index in [1.54, 1.807) is 0 Å². The van der Waals surface area contributed by atoms with Gasteiger partial charge in [-0.3, -0.25) is 18.7 Å². The molecule has 1 aromatic heterocycles. The molecule has 0 atom stereocenters. The van der Waals surface area contributed by atoms with Crippen molar-refractivity contribution in [1.82, 2.24) is 14.5 Å². The molecule has 124 valence electrons. The van der Waals surface area contributed by atoms with Crippen LogP contribution in [0.1, 0.15) is 32.1 Å². The third-order valence-corrected chi connectivity index (χ3v) is 6.13. The highest BCUT2D eigenvalue weighted by molar-refractivity contribution is 5.76. The van der Waals surface area contributed by atoms with Crippen LogP contribution in [0.4, 0.5) is 0 Å². The first-order valence-corrected chi connectivity index (χ1v) is 8.57. The van der Waals surface area contributed by atoms with Gasteiger partial charge < -0.3 is 5.32 Å². The number of hydrogen-bond acceptors (Lipinski definition) is 3. The fourth-order valence-electron chi connectivity index (χ4n) is 5.28. The topological polar surface area (TPSA) is 73.1 Å². The van der Waals surface area contributed by atoms with Gasteiger partial charge in [-0.2, -0.15) is 0 Å². The summed E-state index contributed by atoms with van der Waals surface area (Å²) in [7, 11) is 1.43. The van der Waals surface area contributed by atoms with Crippen molar-refractivity contribution in [2.24, 2.45) is 30.7 Å². The molecule has 1 aromatic rings. The van der Waals surface area contributed by atoms with Gasteiger partial charge in [0.1, 0.15) is 6.54 Å². The molecule has 0 aromatic carbocycles. The van der Waals surface area contributed by atoms with E-state index in [4.69, 9.17) is 0 Å². The molecule has 0 aliphatic heterocycles. The highest BCUT2D eigenvalue weighted by Crippen LogP contribution is 2.53.